The van der Waals surface area contributed by atoms with E-state index in [1.165, 1.54) is 23.9 Å². The molecule has 1 amide bonds. The number of fused-ring (bicyclic) bond motifs is 1. The minimum atomic E-state index is -1.15. The van der Waals surface area contributed by atoms with E-state index in [-0.39, 0.29) is 24.1 Å². The Morgan fingerprint density at radius 2 is 1.86 bits per heavy atom. The van der Waals surface area contributed by atoms with Gasteiger partial charge in [-0.15, -0.1) is 6.58 Å². The molecule has 0 unspecified atom stereocenters. The van der Waals surface area contributed by atoms with E-state index in [2.05, 4.69) is 21.9 Å². The van der Waals surface area contributed by atoms with Crippen LogP contribution in [-0.4, -0.2) is 73.1 Å². The fourth-order valence-corrected chi connectivity index (χ4v) is 5.34. The fraction of sp³-hybridized carbons (Fsp3) is 0.581. The van der Waals surface area contributed by atoms with Gasteiger partial charge in [-0.25, -0.2) is 19.3 Å². The van der Waals surface area contributed by atoms with Crippen LogP contribution in [0.3, 0.4) is 0 Å². The number of nitrogens with zero attached hydrogens (tertiary/aromatic N) is 6. The molecule has 1 fully saturated rings. The van der Waals surface area contributed by atoms with Crippen LogP contribution in [-0.2, 0) is 21.7 Å². The van der Waals surface area contributed by atoms with Gasteiger partial charge in [-0.3, -0.25) is 9.59 Å². The van der Waals surface area contributed by atoms with Crippen LogP contribution < -0.4 is 10.9 Å². The van der Waals surface area contributed by atoms with Crippen molar-refractivity contribution in [1.29, 1.82) is 0 Å². The number of hydrogen-bond donors (Lipinski definition) is 2. The Balaban J connectivity index is 1.39. The minimum Gasteiger partial charge on any atom is -0.385 e. The largest absolute Gasteiger partial charge is 0.385 e. The number of allylic oxidation sites excluding steroid dienone is 1. The molecule has 0 spiro atoms. The maximum Gasteiger partial charge on any atom is 0.278 e. The van der Waals surface area contributed by atoms with Gasteiger partial charge in [-0.05, 0) is 51.7 Å². The van der Waals surface area contributed by atoms with E-state index in [9.17, 15) is 14.7 Å². The highest BCUT2D eigenvalue weighted by atomic mass is 16.5. The van der Waals surface area contributed by atoms with Crippen LogP contribution in [0.25, 0.3) is 16.9 Å². The summed E-state index contributed by atoms with van der Waals surface area (Å²) >= 11 is 0. The Morgan fingerprint density at radius 1 is 1.14 bits per heavy atom. The number of methoxy groups -OCH3 is 1. The molecular formula is C31H45N7O4. The number of carbonyl (C=O) groups excluding carboxylic acids is 1. The lowest BCUT2D eigenvalue weighted by molar-refractivity contribution is -0.132. The maximum absolute atomic E-state index is 13.2. The van der Waals surface area contributed by atoms with E-state index < -0.39 is 5.60 Å². The van der Waals surface area contributed by atoms with Crippen LogP contribution in [0.15, 0.2) is 41.8 Å². The molecule has 11 heteroatoms. The number of amides is 1. The molecular weight excluding hydrogens is 534 g/mol. The summed E-state index contributed by atoms with van der Waals surface area (Å²) in [5.41, 5.74) is -0.494. The van der Waals surface area contributed by atoms with Crippen LogP contribution >= 0.6 is 0 Å². The standard InChI is InChI=1S/C31H45N7O4/c1-5-18-37-29(40)24-22-32-30(35-28(24)38(37)26-14-12-13-25(34-26)31(2,3)41)33-23-16-19-36(20-17-23)27(39)15-10-8-6-7-9-11-21-42-4/h5,12-14,22-23,41H,1,6-11,15-21H2,2-4H3,(H,32,33,35). The zero-order valence-corrected chi connectivity index (χ0v) is 25.2. The van der Waals surface area contributed by atoms with Crippen LogP contribution in [0.2, 0.25) is 0 Å². The number of carbonyl (C=O) groups is 1. The van der Waals surface area contributed by atoms with E-state index >= 15 is 0 Å². The second-order valence-electron chi connectivity index (χ2n) is 11.5. The molecule has 2 N–H and O–H groups in total. The molecule has 1 aliphatic heterocycles. The van der Waals surface area contributed by atoms with E-state index in [0.717, 1.165) is 38.7 Å². The number of unbranched alkanes of at least 4 members (excludes halogenated alkanes) is 5. The second kappa shape index (κ2) is 14.6. The SMILES string of the molecule is C=CCn1c(=O)c2cnc(NC3CCN(C(=O)CCCCCCCCOC)CC3)nc2n1-c1cccc(C(C)(C)O)n1. The molecule has 4 heterocycles. The molecule has 0 atom stereocenters. The molecule has 4 rings (SSSR count). The number of aromatic nitrogens is 5. The Bertz CT molecular complexity index is 1400. The molecule has 0 bridgehead atoms. The van der Waals surface area contributed by atoms with Gasteiger partial charge in [0.1, 0.15) is 11.0 Å². The highest BCUT2D eigenvalue weighted by molar-refractivity contribution is 5.77. The second-order valence-corrected chi connectivity index (χ2v) is 11.5. The third kappa shape index (κ3) is 7.83. The third-order valence-corrected chi connectivity index (χ3v) is 7.73. The van der Waals surface area contributed by atoms with Gasteiger partial charge in [-0.1, -0.05) is 37.8 Å². The van der Waals surface area contributed by atoms with Crippen LogP contribution in [0.5, 0.6) is 0 Å². The molecule has 0 aliphatic carbocycles. The van der Waals surface area contributed by atoms with Crippen molar-refractivity contribution in [3.63, 3.8) is 0 Å². The van der Waals surface area contributed by atoms with Crippen molar-refractivity contribution >= 4 is 22.9 Å². The summed E-state index contributed by atoms with van der Waals surface area (Å²) in [6.07, 6.45) is 12.1. The van der Waals surface area contributed by atoms with Gasteiger partial charge in [0, 0.05) is 45.5 Å². The smallest absolute Gasteiger partial charge is 0.278 e. The predicted molar refractivity (Wildman–Crippen MR) is 164 cm³/mol. The van der Waals surface area contributed by atoms with E-state index in [1.807, 2.05) is 4.90 Å². The number of anilines is 1. The molecule has 11 nitrogen and oxygen atoms in total. The first kappa shape index (κ1) is 31.4. The van der Waals surface area contributed by atoms with Gasteiger partial charge in [0.25, 0.3) is 5.56 Å². The Hall–Kier alpha value is -3.57. The molecule has 42 heavy (non-hydrogen) atoms. The quantitative estimate of drug-likeness (QED) is 0.203. The molecule has 0 saturated carbocycles. The van der Waals surface area contributed by atoms with Gasteiger partial charge in [-0.2, -0.15) is 4.98 Å². The Kier molecular flexibility index (Phi) is 10.9. The van der Waals surface area contributed by atoms with Gasteiger partial charge in [0.2, 0.25) is 11.9 Å². The third-order valence-electron chi connectivity index (χ3n) is 7.73. The van der Waals surface area contributed by atoms with Crippen molar-refractivity contribution in [3.8, 4) is 5.82 Å². The summed E-state index contributed by atoms with van der Waals surface area (Å²) in [6.45, 7) is 9.61. The van der Waals surface area contributed by atoms with Gasteiger partial charge < -0.3 is 20.1 Å². The van der Waals surface area contributed by atoms with Crippen molar-refractivity contribution < 1.29 is 14.6 Å². The first-order chi connectivity index (χ1) is 20.2. The average molecular weight is 580 g/mol. The van der Waals surface area contributed by atoms with Gasteiger partial charge >= 0.3 is 0 Å². The number of likely N-dealkylation sites (tertiary alicyclic amines) is 1. The number of piperidine rings is 1. The number of ether oxygens (including phenoxy) is 1. The summed E-state index contributed by atoms with van der Waals surface area (Å²) in [6, 6.07) is 5.43. The predicted octanol–water partition coefficient (Wildman–Crippen LogP) is 4.17. The van der Waals surface area contributed by atoms with Crippen LogP contribution in [0.4, 0.5) is 5.95 Å². The summed E-state index contributed by atoms with van der Waals surface area (Å²) in [5, 5.41) is 14.3. The average Bonchev–Trinajstić information content (AvgIpc) is 3.25. The molecule has 1 saturated heterocycles. The Labute approximate surface area is 247 Å². The molecule has 1 aliphatic rings. The summed E-state index contributed by atoms with van der Waals surface area (Å²) in [5.74, 6) is 1.12. The van der Waals surface area contributed by atoms with E-state index in [1.54, 1.807) is 56.1 Å². The van der Waals surface area contributed by atoms with Crippen molar-refractivity contribution in [2.24, 2.45) is 0 Å². The lowest BCUT2D eigenvalue weighted by atomic mass is 10.0. The highest BCUT2D eigenvalue weighted by Crippen LogP contribution is 2.22. The summed E-state index contributed by atoms with van der Waals surface area (Å²) in [4.78, 5) is 41.7. The van der Waals surface area contributed by atoms with E-state index in [0.29, 0.717) is 48.0 Å². The highest BCUT2D eigenvalue weighted by Gasteiger charge is 2.25. The Morgan fingerprint density at radius 3 is 2.55 bits per heavy atom. The lowest BCUT2D eigenvalue weighted by Crippen LogP contribution is -2.42. The van der Waals surface area contributed by atoms with Gasteiger partial charge in [0.15, 0.2) is 11.5 Å². The monoisotopic (exact) mass is 579 g/mol. The number of hydrogen-bond acceptors (Lipinski definition) is 8. The molecule has 3 aromatic rings. The lowest BCUT2D eigenvalue weighted by Gasteiger charge is -2.32. The number of pyridine rings is 1. The van der Waals surface area contributed by atoms with Crippen LogP contribution in [0.1, 0.15) is 77.3 Å². The topological polar surface area (TPSA) is 127 Å². The first-order valence-electron chi connectivity index (χ1n) is 15.1. The zero-order chi connectivity index (χ0) is 30.1. The van der Waals surface area contributed by atoms with Crippen LogP contribution in [0, 0.1) is 0 Å². The fourth-order valence-electron chi connectivity index (χ4n) is 5.34. The summed E-state index contributed by atoms with van der Waals surface area (Å²) in [7, 11) is 1.74. The van der Waals surface area contributed by atoms with Crippen molar-refractivity contribution in [2.75, 3.05) is 32.1 Å². The summed E-state index contributed by atoms with van der Waals surface area (Å²) < 4.78 is 8.25. The molecule has 3 aromatic heterocycles. The van der Waals surface area contributed by atoms with Gasteiger partial charge in [0.05, 0.1) is 12.2 Å². The maximum atomic E-state index is 13.2. The number of aliphatic hydroxyl groups is 1. The van der Waals surface area contributed by atoms with E-state index in [4.69, 9.17) is 9.72 Å². The molecule has 0 radical (unpaired) electrons. The van der Waals surface area contributed by atoms with Crippen molar-refractivity contribution in [2.45, 2.75) is 89.8 Å². The van der Waals surface area contributed by atoms with Crippen molar-refractivity contribution in [3.05, 3.63) is 53.1 Å². The first-order valence-corrected chi connectivity index (χ1v) is 15.1. The number of nitrogens with one attached hydrogen (secondary N) is 1. The molecule has 0 aromatic carbocycles. The number of rotatable bonds is 15. The minimum absolute atomic E-state index is 0.116. The van der Waals surface area contributed by atoms with Crippen molar-refractivity contribution in [1.82, 2.24) is 29.2 Å². The molecule has 228 valence electrons. The zero-order valence-electron chi connectivity index (χ0n) is 25.2. The normalized spacial score (nSPS) is 14.4.